The van der Waals surface area contributed by atoms with Crippen LogP contribution >= 0.6 is 11.3 Å². The summed E-state index contributed by atoms with van der Waals surface area (Å²) in [6, 6.07) is 10.7. The van der Waals surface area contributed by atoms with Gasteiger partial charge in [0.2, 0.25) is 0 Å². The summed E-state index contributed by atoms with van der Waals surface area (Å²) in [6.45, 7) is 0. The van der Waals surface area contributed by atoms with Crippen molar-refractivity contribution in [2.75, 3.05) is 0 Å². The second-order valence-corrected chi connectivity index (χ2v) is 6.78. The Morgan fingerprint density at radius 1 is 1.21 bits per heavy atom. The zero-order valence-corrected chi connectivity index (χ0v) is 11.6. The summed E-state index contributed by atoms with van der Waals surface area (Å²) >= 11 is 1.74. The van der Waals surface area contributed by atoms with Crippen LogP contribution in [0.1, 0.15) is 50.0 Å². The molecule has 2 aliphatic rings. The Morgan fingerprint density at radius 2 is 2.11 bits per heavy atom. The predicted octanol–water partition coefficient (Wildman–Crippen LogP) is 4.15. The number of aryl methyl sites for hydroxylation is 2. The fourth-order valence-electron chi connectivity index (χ4n) is 3.34. The van der Waals surface area contributed by atoms with Crippen LogP contribution in [0.3, 0.4) is 0 Å². The van der Waals surface area contributed by atoms with Crippen LogP contribution in [0.4, 0.5) is 0 Å². The average Bonchev–Trinajstić information content (AvgIpc) is 2.96. The van der Waals surface area contributed by atoms with Gasteiger partial charge in [-0.2, -0.15) is 0 Å². The second-order valence-electron chi connectivity index (χ2n) is 5.64. The van der Waals surface area contributed by atoms with Crippen LogP contribution in [0, 0.1) is 0 Å². The molecule has 0 N–H and O–H groups in total. The van der Waals surface area contributed by atoms with E-state index in [1.807, 2.05) is 0 Å². The SMILES string of the molecule is O=C(CC1Cc2ccccc21)c1cc2c(s1)CCC2. The molecule has 1 nitrogen and oxygen atoms in total. The second kappa shape index (κ2) is 4.31. The van der Waals surface area contributed by atoms with Crippen LogP contribution in [-0.2, 0) is 19.3 Å². The van der Waals surface area contributed by atoms with Gasteiger partial charge in [0.15, 0.2) is 5.78 Å². The van der Waals surface area contributed by atoms with Crippen molar-refractivity contribution in [1.29, 1.82) is 0 Å². The summed E-state index contributed by atoms with van der Waals surface area (Å²) in [5.41, 5.74) is 4.25. The van der Waals surface area contributed by atoms with Crippen LogP contribution in [0.15, 0.2) is 30.3 Å². The molecule has 0 radical (unpaired) electrons. The van der Waals surface area contributed by atoms with E-state index in [4.69, 9.17) is 0 Å². The largest absolute Gasteiger partial charge is 0.293 e. The Morgan fingerprint density at radius 3 is 2.95 bits per heavy atom. The molecule has 0 spiro atoms. The van der Waals surface area contributed by atoms with Crippen LogP contribution in [0.25, 0.3) is 0 Å². The number of hydrogen-bond donors (Lipinski definition) is 0. The summed E-state index contributed by atoms with van der Waals surface area (Å²) in [4.78, 5) is 14.8. The minimum absolute atomic E-state index is 0.346. The lowest BCUT2D eigenvalue weighted by Gasteiger charge is -2.29. The third-order valence-corrected chi connectivity index (χ3v) is 5.69. The van der Waals surface area contributed by atoms with E-state index in [1.54, 1.807) is 11.3 Å². The number of carbonyl (C=O) groups is 1. The van der Waals surface area contributed by atoms with Gasteiger partial charge in [-0.25, -0.2) is 0 Å². The molecule has 0 amide bonds. The van der Waals surface area contributed by atoms with Crippen molar-refractivity contribution in [2.24, 2.45) is 0 Å². The Bertz CT molecular complexity index is 632. The van der Waals surface area contributed by atoms with Gasteiger partial charge < -0.3 is 0 Å². The minimum Gasteiger partial charge on any atom is -0.293 e. The normalized spacial score (nSPS) is 19.7. The first-order valence-electron chi connectivity index (χ1n) is 7.04. The molecule has 19 heavy (non-hydrogen) atoms. The fourth-order valence-corrected chi connectivity index (χ4v) is 4.54. The van der Waals surface area contributed by atoms with Gasteiger partial charge >= 0.3 is 0 Å². The van der Waals surface area contributed by atoms with Crippen LogP contribution in [0.2, 0.25) is 0 Å². The van der Waals surface area contributed by atoms with E-state index in [-0.39, 0.29) is 0 Å². The van der Waals surface area contributed by atoms with Gasteiger partial charge in [0.05, 0.1) is 4.88 Å². The van der Waals surface area contributed by atoms with E-state index in [2.05, 4.69) is 30.3 Å². The molecule has 2 aliphatic carbocycles. The maximum absolute atomic E-state index is 12.4. The highest BCUT2D eigenvalue weighted by atomic mass is 32.1. The summed E-state index contributed by atoms with van der Waals surface area (Å²) in [5.74, 6) is 0.805. The molecule has 96 valence electrons. The van der Waals surface area contributed by atoms with E-state index in [0.717, 1.165) is 11.3 Å². The lowest BCUT2D eigenvalue weighted by atomic mass is 9.75. The molecule has 1 aromatic heterocycles. The van der Waals surface area contributed by atoms with Crippen LogP contribution < -0.4 is 0 Å². The highest BCUT2D eigenvalue weighted by Gasteiger charge is 2.28. The van der Waals surface area contributed by atoms with Gasteiger partial charge in [0.1, 0.15) is 0 Å². The Balaban J connectivity index is 1.50. The number of carbonyl (C=O) groups excluding carboxylic acids is 1. The predicted molar refractivity (Wildman–Crippen MR) is 78.2 cm³/mol. The summed E-state index contributed by atoms with van der Waals surface area (Å²) in [7, 11) is 0. The molecule has 1 heterocycles. The number of fused-ring (bicyclic) bond motifs is 2. The highest BCUT2D eigenvalue weighted by Crippen LogP contribution is 2.39. The van der Waals surface area contributed by atoms with E-state index in [1.165, 1.54) is 40.8 Å². The van der Waals surface area contributed by atoms with Crippen molar-refractivity contribution < 1.29 is 4.79 Å². The molecule has 1 aromatic carbocycles. The Labute approximate surface area is 117 Å². The van der Waals surface area contributed by atoms with Gasteiger partial charge in [0, 0.05) is 11.3 Å². The lowest BCUT2D eigenvalue weighted by molar-refractivity contribution is 0.0974. The molecule has 0 bridgehead atoms. The Hall–Kier alpha value is -1.41. The standard InChI is InChI=1S/C17H16OS/c18-15(17-10-12-5-3-7-16(12)19-17)9-13-8-11-4-1-2-6-14(11)13/h1-2,4,6,10,13H,3,5,7-9H2. The maximum atomic E-state index is 12.4. The molecule has 0 saturated carbocycles. The molecule has 4 rings (SSSR count). The molecule has 2 heteroatoms. The Kier molecular flexibility index (Phi) is 2.59. The van der Waals surface area contributed by atoms with Crippen LogP contribution in [0.5, 0.6) is 0 Å². The number of hydrogen-bond acceptors (Lipinski definition) is 2. The first-order chi connectivity index (χ1) is 9.31. The number of thiophene rings is 1. The molecule has 1 atom stereocenters. The summed E-state index contributed by atoms with van der Waals surface area (Å²) in [6.07, 6.45) is 5.39. The smallest absolute Gasteiger partial charge is 0.173 e. The van der Waals surface area contributed by atoms with E-state index in [9.17, 15) is 4.79 Å². The topological polar surface area (TPSA) is 17.1 Å². The fraction of sp³-hybridized carbons (Fsp3) is 0.353. The minimum atomic E-state index is 0.346. The highest BCUT2D eigenvalue weighted by molar-refractivity contribution is 7.14. The number of ketones is 1. The first kappa shape index (κ1) is 11.4. The third-order valence-electron chi connectivity index (χ3n) is 4.41. The van der Waals surface area contributed by atoms with Crippen molar-refractivity contribution >= 4 is 17.1 Å². The van der Waals surface area contributed by atoms with Gasteiger partial charge in [-0.15, -0.1) is 11.3 Å². The molecule has 2 aromatic rings. The first-order valence-corrected chi connectivity index (χ1v) is 7.85. The van der Waals surface area contributed by atoms with E-state index in [0.29, 0.717) is 18.1 Å². The zero-order valence-electron chi connectivity index (χ0n) is 10.8. The molecule has 0 saturated heterocycles. The molecular weight excluding hydrogens is 252 g/mol. The van der Waals surface area contributed by atoms with Gasteiger partial charge in [0.25, 0.3) is 0 Å². The number of benzene rings is 1. The summed E-state index contributed by atoms with van der Waals surface area (Å²) in [5, 5.41) is 0. The third kappa shape index (κ3) is 1.86. The molecular formula is C17H16OS. The van der Waals surface area contributed by atoms with E-state index >= 15 is 0 Å². The molecule has 1 unspecified atom stereocenters. The summed E-state index contributed by atoms with van der Waals surface area (Å²) < 4.78 is 0. The zero-order chi connectivity index (χ0) is 12.8. The van der Waals surface area contributed by atoms with Crippen molar-refractivity contribution in [3.05, 3.63) is 56.8 Å². The van der Waals surface area contributed by atoms with Gasteiger partial charge in [-0.1, -0.05) is 24.3 Å². The van der Waals surface area contributed by atoms with E-state index < -0.39 is 0 Å². The quantitative estimate of drug-likeness (QED) is 0.764. The number of rotatable bonds is 3. The van der Waals surface area contributed by atoms with Crippen molar-refractivity contribution in [3.8, 4) is 0 Å². The van der Waals surface area contributed by atoms with Crippen molar-refractivity contribution in [1.82, 2.24) is 0 Å². The average molecular weight is 268 g/mol. The van der Waals surface area contributed by atoms with Gasteiger partial charge in [-0.05, 0) is 54.4 Å². The lowest BCUT2D eigenvalue weighted by Crippen LogP contribution is -2.19. The van der Waals surface area contributed by atoms with Crippen molar-refractivity contribution in [2.45, 2.75) is 38.0 Å². The van der Waals surface area contributed by atoms with Gasteiger partial charge in [-0.3, -0.25) is 4.79 Å². The molecule has 0 fully saturated rings. The number of Topliss-reactive ketones (excluding diaryl/α,β-unsaturated/α-hetero) is 1. The van der Waals surface area contributed by atoms with Crippen LogP contribution in [-0.4, -0.2) is 5.78 Å². The maximum Gasteiger partial charge on any atom is 0.173 e. The monoisotopic (exact) mass is 268 g/mol. The molecule has 0 aliphatic heterocycles. The van der Waals surface area contributed by atoms with Crippen molar-refractivity contribution in [3.63, 3.8) is 0 Å².